The van der Waals surface area contributed by atoms with E-state index in [0.29, 0.717) is 11.3 Å². The van der Waals surface area contributed by atoms with Crippen molar-refractivity contribution in [2.75, 3.05) is 6.61 Å². The minimum absolute atomic E-state index is 0.00376. The zero-order chi connectivity index (χ0) is 26.8. The highest BCUT2D eigenvalue weighted by molar-refractivity contribution is 5.94. The van der Waals surface area contributed by atoms with Crippen LogP contribution in [0.15, 0.2) is 36.8 Å². The minimum Gasteiger partial charge on any atom is -0.508 e. The highest BCUT2D eigenvalue weighted by Crippen LogP contribution is 2.12. The molecule has 0 aliphatic carbocycles. The molecule has 1 aromatic carbocycles. The van der Waals surface area contributed by atoms with Crippen LogP contribution in [-0.2, 0) is 32.0 Å². The van der Waals surface area contributed by atoms with Crippen molar-refractivity contribution >= 4 is 23.7 Å². The molecule has 4 unspecified atom stereocenters. The molecule has 9 N–H and O–H groups in total. The number of aliphatic hydroxyl groups is 1. The summed E-state index contributed by atoms with van der Waals surface area (Å²) in [5.41, 5.74) is 7.17. The van der Waals surface area contributed by atoms with Gasteiger partial charge in [-0.1, -0.05) is 26.0 Å². The first kappa shape index (κ1) is 28.3. The third-order valence-electron chi connectivity index (χ3n) is 5.38. The summed E-state index contributed by atoms with van der Waals surface area (Å²) in [6.45, 7) is 2.55. The number of carboxylic acids is 1. The molecule has 0 saturated heterocycles. The maximum Gasteiger partial charge on any atom is 0.328 e. The number of benzene rings is 1. The van der Waals surface area contributed by atoms with Gasteiger partial charge in [-0.2, -0.15) is 0 Å². The Kier molecular flexibility index (Phi) is 10.4. The highest BCUT2D eigenvalue weighted by Gasteiger charge is 2.31. The number of hydrogen-bond donors (Lipinski definition) is 8. The van der Waals surface area contributed by atoms with E-state index in [1.165, 1.54) is 24.7 Å². The first-order valence-electron chi connectivity index (χ1n) is 11.3. The molecule has 0 radical (unpaired) electrons. The molecule has 1 aromatic heterocycles. The number of aromatic nitrogens is 2. The number of carboxylic acid groups (broad SMARTS) is 1. The van der Waals surface area contributed by atoms with Gasteiger partial charge in [-0.3, -0.25) is 14.4 Å². The van der Waals surface area contributed by atoms with Gasteiger partial charge in [0.25, 0.3) is 0 Å². The van der Waals surface area contributed by atoms with Crippen molar-refractivity contribution < 1.29 is 34.5 Å². The number of carbonyl (C=O) groups is 4. The molecule has 0 aliphatic heterocycles. The maximum atomic E-state index is 13.1. The molecule has 0 bridgehead atoms. The Labute approximate surface area is 207 Å². The van der Waals surface area contributed by atoms with Crippen molar-refractivity contribution in [3.8, 4) is 5.75 Å². The number of carbonyl (C=O) groups excluding carboxylic acids is 3. The van der Waals surface area contributed by atoms with Crippen LogP contribution in [0.2, 0.25) is 0 Å². The largest absolute Gasteiger partial charge is 0.508 e. The van der Waals surface area contributed by atoms with E-state index in [-0.39, 0.29) is 24.5 Å². The number of nitrogens with two attached hydrogens (primary N) is 1. The van der Waals surface area contributed by atoms with E-state index in [0.717, 1.165) is 0 Å². The number of aliphatic hydroxyl groups excluding tert-OH is 1. The summed E-state index contributed by atoms with van der Waals surface area (Å²) in [7, 11) is 0. The van der Waals surface area contributed by atoms with Crippen molar-refractivity contribution in [3.05, 3.63) is 48.0 Å². The third-order valence-corrected chi connectivity index (χ3v) is 5.38. The average Bonchev–Trinajstić information content (AvgIpc) is 3.33. The number of aromatic hydroxyl groups is 1. The fourth-order valence-electron chi connectivity index (χ4n) is 3.32. The SMILES string of the molecule is CC(C)C(NC(=O)C(N)Cc1cnc[nH]1)C(=O)NC(Cc1ccc(O)cc1)C(=O)NC(CO)C(=O)O. The van der Waals surface area contributed by atoms with Crippen molar-refractivity contribution in [1.82, 2.24) is 25.9 Å². The molecule has 196 valence electrons. The number of rotatable bonds is 13. The molecule has 0 aliphatic rings. The topological polar surface area (TPSA) is 220 Å². The molecule has 13 heteroatoms. The normalized spacial score (nSPS) is 14.4. The second-order valence-corrected chi connectivity index (χ2v) is 8.63. The van der Waals surface area contributed by atoms with Gasteiger partial charge in [0.1, 0.15) is 23.9 Å². The molecule has 0 fully saturated rings. The molecule has 3 amide bonds. The van der Waals surface area contributed by atoms with E-state index in [9.17, 15) is 29.4 Å². The molecule has 2 rings (SSSR count). The zero-order valence-corrected chi connectivity index (χ0v) is 20.0. The van der Waals surface area contributed by atoms with E-state index >= 15 is 0 Å². The number of aliphatic carboxylic acids is 1. The molecule has 1 heterocycles. The lowest BCUT2D eigenvalue weighted by Gasteiger charge is -2.27. The van der Waals surface area contributed by atoms with Crippen molar-refractivity contribution in [3.63, 3.8) is 0 Å². The van der Waals surface area contributed by atoms with Crippen LogP contribution in [0.25, 0.3) is 0 Å². The molecule has 2 aromatic rings. The predicted molar refractivity (Wildman–Crippen MR) is 127 cm³/mol. The number of amides is 3. The van der Waals surface area contributed by atoms with Crippen molar-refractivity contribution in [2.45, 2.75) is 50.9 Å². The molecule has 36 heavy (non-hydrogen) atoms. The average molecular weight is 505 g/mol. The first-order valence-corrected chi connectivity index (χ1v) is 11.3. The van der Waals surface area contributed by atoms with Gasteiger partial charge < -0.3 is 42.0 Å². The van der Waals surface area contributed by atoms with Crippen molar-refractivity contribution in [2.24, 2.45) is 11.7 Å². The maximum absolute atomic E-state index is 13.1. The quantitative estimate of drug-likeness (QED) is 0.157. The minimum atomic E-state index is -1.57. The Hall–Kier alpha value is -3.97. The third kappa shape index (κ3) is 8.36. The zero-order valence-electron chi connectivity index (χ0n) is 20.0. The van der Waals surface area contributed by atoms with Crippen LogP contribution in [-0.4, -0.2) is 79.8 Å². The molecule has 0 spiro atoms. The fourth-order valence-corrected chi connectivity index (χ4v) is 3.32. The van der Waals surface area contributed by atoms with Gasteiger partial charge in [-0.15, -0.1) is 0 Å². The number of hydrogen-bond acceptors (Lipinski definition) is 8. The van der Waals surface area contributed by atoms with Crippen LogP contribution in [0.5, 0.6) is 5.75 Å². The standard InChI is InChI=1S/C23H32N6O7/c1-12(2)19(29-20(32)16(24)8-14-9-25-11-26-14)22(34)27-17(7-13-3-5-15(31)6-4-13)21(33)28-18(10-30)23(35)36/h3-6,9,11-12,16-19,30-31H,7-8,10,24H2,1-2H3,(H,25,26)(H,27,34)(H,28,33)(H,29,32)(H,35,36). The monoisotopic (exact) mass is 504 g/mol. The van der Waals surface area contributed by atoms with Gasteiger partial charge in [-0.05, 0) is 23.6 Å². The lowest BCUT2D eigenvalue weighted by Crippen LogP contribution is -2.59. The first-order chi connectivity index (χ1) is 17.0. The molecule has 13 nitrogen and oxygen atoms in total. The summed E-state index contributed by atoms with van der Waals surface area (Å²) in [6.07, 6.45) is 3.11. The molecular formula is C23H32N6O7. The molecule has 4 atom stereocenters. The predicted octanol–water partition coefficient (Wildman–Crippen LogP) is -1.58. The summed E-state index contributed by atoms with van der Waals surface area (Å²) >= 11 is 0. The Morgan fingerprint density at radius 2 is 1.61 bits per heavy atom. The second kappa shape index (κ2) is 13.2. The summed E-state index contributed by atoms with van der Waals surface area (Å²) < 4.78 is 0. The number of phenolic OH excluding ortho intramolecular Hbond substituents is 1. The number of imidazole rings is 1. The van der Waals surface area contributed by atoms with E-state index in [1.807, 2.05) is 0 Å². The summed E-state index contributed by atoms with van der Waals surface area (Å²) in [6, 6.07) is 1.06. The van der Waals surface area contributed by atoms with Gasteiger partial charge in [0.2, 0.25) is 17.7 Å². The van der Waals surface area contributed by atoms with Crippen LogP contribution < -0.4 is 21.7 Å². The summed E-state index contributed by atoms with van der Waals surface area (Å²) in [5.74, 6) is -3.92. The van der Waals surface area contributed by atoms with Crippen molar-refractivity contribution in [1.29, 1.82) is 0 Å². The van der Waals surface area contributed by atoms with Gasteiger partial charge in [-0.25, -0.2) is 9.78 Å². The smallest absolute Gasteiger partial charge is 0.328 e. The van der Waals surface area contributed by atoms with E-state index < -0.39 is 54.5 Å². The van der Waals surface area contributed by atoms with E-state index in [4.69, 9.17) is 10.8 Å². The summed E-state index contributed by atoms with van der Waals surface area (Å²) in [5, 5.41) is 35.3. The van der Waals surface area contributed by atoms with Crippen LogP contribution in [0.4, 0.5) is 0 Å². The number of H-pyrrole nitrogens is 1. The van der Waals surface area contributed by atoms with Crippen LogP contribution >= 0.6 is 0 Å². The van der Waals surface area contributed by atoms with Crippen LogP contribution in [0.3, 0.4) is 0 Å². The number of aromatic amines is 1. The Balaban J connectivity index is 2.17. The van der Waals surface area contributed by atoms with Crippen LogP contribution in [0.1, 0.15) is 25.1 Å². The molecule has 0 saturated carbocycles. The van der Waals surface area contributed by atoms with Gasteiger partial charge in [0.15, 0.2) is 0 Å². The van der Waals surface area contributed by atoms with Gasteiger partial charge >= 0.3 is 5.97 Å². The van der Waals surface area contributed by atoms with Crippen LogP contribution in [0, 0.1) is 5.92 Å². The summed E-state index contributed by atoms with van der Waals surface area (Å²) in [4.78, 5) is 56.6. The van der Waals surface area contributed by atoms with Gasteiger partial charge in [0.05, 0.1) is 19.0 Å². The lowest BCUT2D eigenvalue weighted by molar-refractivity contribution is -0.143. The fraction of sp³-hybridized carbons (Fsp3) is 0.435. The molecular weight excluding hydrogens is 472 g/mol. The Bertz CT molecular complexity index is 1030. The highest BCUT2D eigenvalue weighted by atomic mass is 16.4. The second-order valence-electron chi connectivity index (χ2n) is 8.63. The Morgan fingerprint density at radius 3 is 2.14 bits per heavy atom. The van der Waals surface area contributed by atoms with E-state index in [2.05, 4.69) is 25.9 Å². The number of nitrogens with one attached hydrogen (secondary N) is 4. The number of phenols is 1. The Morgan fingerprint density at radius 1 is 0.972 bits per heavy atom. The number of nitrogens with zero attached hydrogens (tertiary/aromatic N) is 1. The van der Waals surface area contributed by atoms with E-state index in [1.54, 1.807) is 26.0 Å². The van der Waals surface area contributed by atoms with Gasteiger partial charge in [0, 0.05) is 24.7 Å². The lowest BCUT2D eigenvalue weighted by atomic mass is 10.00.